The molecule has 0 saturated heterocycles. The second-order valence-corrected chi connectivity index (χ2v) is 9.66. The van der Waals surface area contributed by atoms with E-state index in [2.05, 4.69) is 11.6 Å². The summed E-state index contributed by atoms with van der Waals surface area (Å²) >= 11 is 12.2. The fraction of sp³-hybridized carbons (Fsp3) is 0.0909. The van der Waals surface area contributed by atoms with E-state index >= 15 is 0 Å². The van der Waals surface area contributed by atoms with E-state index in [-0.39, 0.29) is 27.5 Å². The van der Waals surface area contributed by atoms with E-state index < -0.39 is 26.2 Å². The van der Waals surface area contributed by atoms with Gasteiger partial charge in [0, 0.05) is 16.8 Å². The number of sulfone groups is 1. The van der Waals surface area contributed by atoms with Crippen molar-refractivity contribution in [2.75, 3.05) is 5.73 Å². The van der Waals surface area contributed by atoms with Crippen LogP contribution in [0.2, 0.25) is 10.0 Å². The first-order valence-corrected chi connectivity index (χ1v) is 11.3. The van der Waals surface area contributed by atoms with Crippen molar-refractivity contribution in [3.05, 3.63) is 105 Å². The van der Waals surface area contributed by atoms with Crippen molar-refractivity contribution in [3.63, 3.8) is 0 Å². The van der Waals surface area contributed by atoms with Crippen LogP contribution in [0.5, 0.6) is 0 Å². The van der Waals surface area contributed by atoms with Gasteiger partial charge in [-0.25, -0.2) is 17.8 Å². The Labute approximate surface area is 189 Å². The number of benzene rings is 2. The van der Waals surface area contributed by atoms with Crippen LogP contribution in [0.4, 0.5) is 10.2 Å². The number of rotatable bonds is 6. The van der Waals surface area contributed by atoms with E-state index in [9.17, 15) is 18.1 Å². The standard InChI is InChI=1S/C22H16Cl2FN3O2S/c1-2-20(14-4-6-15(23)7-5-14)31(29,30)22(16-10-21(27)28-12-18(16)24)17-9-13(11-26)3-8-19(17)25/h2-10,12,20,22H,1H2,(H2,27,28). The molecule has 2 N–H and O–H groups in total. The first-order chi connectivity index (χ1) is 14.7. The van der Waals surface area contributed by atoms with Crippen molar-refractivity contribution in [1.82, 2.24) is 4.98 Å². The van der Waals surface area contributed by atoms with Gasteiger partial charge in [0.05, 0.1) is 16.7 Å². The summed E-state index contributed by atoms with van der Waals surface area (Å²) < 4.78 is 42.7. The molecule has 158 valence electrons. The van der Waals surface area contributed by atoms with Gasteiger partial charge in [-0.3, -0.25) is 0 Å². The minimum atomic E-state index is -4.25. The lowest BCUT2D eigenvalue weighted by Gasteiger charge is -2.25. The number of nitrogen functional groups attached to an aromatic ring is 1. The number of nitriles is 1. The Bertz CT molecular complexity index is 1290. The van der Waals surface area contributed by atoms with E-state index in [0.29, 0.717) is 10.6 Å². The summed E-state index contributed by atoms with van der Waals surface area (Å²) in [6.07, 6.45) is 2.45. The van der Waals surface area contributed by atoms with E-state index in [1.165, 1.54) is 30.5 Å². The van der Waals surface area contributed by atoms with E-state index in [1.54, 1.807) is 24.3 Å². The topological polar surface area (TPSA) is 96.8 Å². The zero-order valence-electron chi connectivity index (χ0n) is 16.0. The molecule has 31 heavy (non-hydrogen) atoms. The number of nitrogens with two attached hydrogens (primary N) is 1. The molecule has 0 aliphatic rings. The number of halogens is 3. The van der Waals surface area contributed by atoms with Gasteiger partial charge in [0.25, 0.3) is 0 Å². The molecule has 0 bridgehead atoms. The lowest BCUT2D eigenvalue weighted by Crippen LogP contribution is -2.22. The highest BCUT2D eigenvalue weighted by Crippen LogP contribution is 2.43. The van der Waals surface area contributed by atoms with Crippen LogP contribution in [-0.4, -0.2) is 13.4 Å². The summed E-state index contributed by atoms with van der Waals surface area (Å²) in [6, 6.07) is 12.9. The molecule has 0 aliphatic heterocycles. The summed E-state index contributed by atoms with van der Waals surface area (Å²) in [4.78, 5) is 3.86. The molecule has 0 radical (unpaired) electrons. The smallest absolute Gasteiger partial charge is 0.172 e. The maximum absolute atomic E-state index is 14.9. The van der Waals surface area contributed by atoms with Crippen LogP contribution in [0.1, 0.15) is 32.8 Å². The molecule has 2 aromatic carbocycles. The van der Waals surface area contributed by atoms with Gasteiger partial charge in [0.1, 0.15) is 22.1 Å². The molecule has 9 heteroatoms. The molecule has 0 amide bonds. The molecule has 1 heterocycles. The summed E-state index contributed by atoms with van der Waals surface area (Å²) in [5.41, 5.74) is 6.07. The van der Waals surface area contributed by atoms with Crippen LogP contribution < -0.4 is 5.73 Å². The summed E-state index contributed by atoms with van der Waals surface area (Å²) in [6.45, 7) is 3.66. The highest BCUT2D eigenvalue weighted by molar-refractivity contribution is 7.92. The Morgan fingerprint density at radius 1 is 1.13 bits per heavy atom. The normalized spacial score (nSPS) is 13.2. The Balaban J connectivity index is 2.32. The molecule has 0 spiro atoms. The number of pyridine rings is 1. The van der Waals surface area contributed by atoms with Gasteiger partial charge < -0.3 is 5.73 Å². The van der Waals surface area contributed by atoms with E-state index in [4.69, 9.17) is 28.9 Å². The minimum absolute atomic E-state index is 0.0107. The zero-order valence-corrected chi connectivity index (χ0v) is 18.3. The first-order valence-electron chi connectivity index (χ1n) is 8.90. The molecule has 0 saturated carbocycles. The third kappa shape index (κ3) is 4.57. The summed E-state index contributed by atoms with van der Waals surface area (Å²) in [7, 11) is -4.25. The number of aromatic nitrogens is 1. The van der Waals surface area contributed by atoms with Crippen molar-refractivity contribution in [3.8, 4) is 6.07 Å². The quantitative estimate of drug-likeness (QED) is 0.480. The van der Waals surface area contributed by atoms with Crippen molar-refractivity contribution in [2.45, 2.75) is 10.5 Å². The van der Waals surface area contributed by atoms with Crippen LogP contribution in [0, 0.1) is 17.1 Å². The zero-order chi connectivity index (χ0) is 22.8. The molecule has 2 atom stereocenters. The monoisotopic (exact) mass is 475 g/mol. The van der Waals surface area contributed by atoms with Gasteiger partial charge in [-0.1, -0.05) is 41.4 Å². The average molecular weight is 476 g/mol. The molecule has 0 aliphatic carbocycles. The van der Waals surface area contributed by atoms with Gasteiger partial charge in [0.15, 0.2) is 9.84 Å². The number of hydrogen-bond acceptors (Lipinski definition) is 5. The van der Waals surface area contributed by atoms with E-state index in [1.807, 2.05) is 6.07 Å². The van der Waals surface area contributed by atoms with Crippen LogP contribution in [-0.2, 0) is 9.84 Å². The largest absolute Gasteiger partial charge is 0.384 e. The van der Waals surface area contributed by atoms with Crippen LogP contribution >= 0.6 is 23.2 Å². The van der Waals surface area contributed by atoms with Crippen LogP contribution in [0.15, 0.2) is 67.4 Å². The second kappa shape index (κ2) is 9.06. The fourth-order valence-electron chi connectivity index (χ4n) is 3.27. The number of hydrogen-bond donors (Lipinski definition) is 1. The van der Waals surface area contributed by atoms with Gasteiger partial charge in [0.2, 0.25) is 0 Å². The first kappa shape index (κ1) is 22.8. The SMILES string of the molecule is C=CC(c1ccc(Cl)cc1)S(=O)(=O)C(c1cc(C#N)ccc1F)c1cc(N)ncc1Cl. The lowest BCUT2D eigenvalue weighted by molar-refractivity contribution is 0.573. The maximum atomic E-state index is 14.9. The van der Waals surface area contributed by atoms with Crippen LogP contribution in [0.25, 0.3) is 0 Å². The molecule has 1 aromatic heterocycles. The van der Waals surface area contributed by atoms with Crippen molar-refractivity contribution >= 4 is 38.9 Å². The molecular weight excluding hydrogens is 460 g/mol. The second-order valence-electron chi connectivity index (χ2n) is 6.66. The third-order valence-corrected chi connectivity index (χ3v) is 7.60. The Kier molecular flexibility index (Phi) is 6.65. The van der Waals surface area contributed by atoms with Crippen molar-refractivity contribution < 1.29 is 12.8 Å². The highest BCUT2D eigenvalue weighted by Gasteiger charge is 2.39. The number of nitrogens with zero attached hydrogens (tertiary/aromatic N) is 2. The molecule has 5 nitrogen and oxygen atoms in total. The fourth-order valence-corrected chi connectivity index (χ4v) is 5.85. The van der Waals surface area contributed by atoms with Gasteiger partial charge in [-0.05, 0) is 47.5 Å². The number of anilines is 1. The Morgan fingerprint density at radius 2 is 1.81 bits per heavy atom. The third-order valence-electron chi connectivity index (χ3n) is 4.69. The summed E-state index contributed by atoms with van der Waals surface area (Å²) in [5, 5.41) is 6.89. The Hall–Kier alpha value is -2.92. The minimum Gasteiger partial charge on any atom is -0.384 e. The molecule has 0 fully saturated rings. The predicted molar refractivity (Wildman–Crippen MR) is 120 cm³/mol. The van der Waals surface area contributed by atoms with Gasteiger partial charge >= 0.3 is 0 Å². The highest BCUT2D eigenvalue weighted by atomic mass is 35.5. The Morgan fingerprint density at radius 3 is 2.42 bits per heavy atom. The maximum Gasteiger partial charge on any atom is 0.172 e. The van der Waals surface area contributed by atoms with E-state index in [0.717, 1.165) is 6.07 Å². The molecule has 3 rings (SSSR count). The van der Waals surface area contributed by atoms with Gasteiger partial charge in [-0.2, -0.15) is 5.26 Å². The average Bonchev–Trinajstić information content (AvgIpc) is 2.73. The van der Waals surface area contributed by atoms with Crippen molar-refractivity contribution in [1.29, 1.82) is 5.26 Å². The molecular formula is C22H16Cl2FN3O2S. The van der Waals surface area contributed by atoms with Crippen LogP contribution in [0.3, 0.4) is 0 Å². The van der Waals surface area contributed by atoms with Gasteiger partial charge in [-0.15, -0.1) is 6.58 Å². The summed E-state index contributed by atoms with van der Waals surface area (Å²) in [5.74, 6) is -0.795. The predicted octanol–water partition coefficient (Wildman–Crippen LogP) is 5.41. The molecule has 2 unspecified atom stereocenters. The lowest BCUT2D eigenvalue weighted by atomic mass is 10.0. The van der Waals surface area contributed by atoms with Crippen molar-refractivity contribution in [2.24, 2.45) is 0 Å². The molecule has 3 aromatic rings.